The number of allylic oxidation sites excluding steroid dienone is 1. The molecule has 0 radical (unpaired) electrons. The lowest BCUT2D eigenvalue weighted by Crippen LogP contribution is -2.33. The van der Waals surface area contributed by atoms with Gasteiger partial charge in [-0.05, 0) is 12.5 Å². The highest BCUT2D eigenvalue weighted by Crippen LogP contribution is 2.35. The smallest absolute Gasteiger partial charge is 0.375 e. The predicted molar refractivity (Wildman–Crippen MR) is 83.7 cm³/mol. The topological polar surface area (TPSA) is 46.4 Å². The van der Waals surface area contributed by atoms with Gasteiger partial charge in [-0.25, -0.2) is 9.37 Å². The highest BCUT2D eigenvalue weighted by molar-refractivity contribution is 6.28. The van der Waals surface area contributed by atoms with Crippen LogP contribution in [-0.4, -0.2) is 41.7 Å². The highest BCUT2D eigenvalue weighted by Gasteiger charge is 2.46. The van der Waals surface area contributed by atoms with Gasteiger partial charge in [0.15, 0.2) is 18.5 Å². The van der Waals surface area contributed by atoms with Crippen LogP contribution >= 0.6 is 0 Å². The Morgan fingerprint density at radius 1 is 1.36 bits per heavy atom. The van der Waals surface area contributed by atoms with E-state index in [2.05, 4.69) is 6.08 Å². The average molecular weight is 298 g/mol. The molecule has 1 heterocycles. The molecule has 2 aliphatic rings. The Labute approximate surface area is 130 Å². The molecule has 3 rings (SSSR count). The molecule has 0 amide bonds. The summed E-state index contributed by atoms with van der Waals surface area (Å²) in [5.74, 6) is -0.0835. The Morgan fingerprint density at radius 3 is 2.73 bits per heavy atom. The van der Waals surface area contributed by atoms with Crippen molar-refractivity contribution in [2.45, 2.75) is 19.9 Å². The molecule has 4 heteroatoms. The number of esters is 1. The quantitative estimate of drug-likeness (QED) is 0.630. The Kier molecular flexibility index (Phi) is 3.92. The predicted octanol–water partition coefficient (Wildman–Crippen LogP) is 1.93. The number of fused-ring (bicyclic) bond motifs is 1. The maximum Gasteiger partial charge on any atom is 0.375 e. The first-order valence-electron chi connectivity index (χ1n) is 7.70. The third-order valence-electron chi connectivity index (χ3n) is 4.39. The van der Waals surface area contributed by atoms with E-state index in [1.165, 1.54) is 0 Å². The van der Waals surface area contributed by atoms with Crippen LogP contribution in [0.15, 0.2) is 36.4 Å². The van der Waals surface area contributed by atoms with Crippen LogP contribution in [0.25, 0.3) is 5.57 Å². The summed E-state index contributed by atoms with van der Waals surface area (Å²) in [5.41, 5.74) is 1.77. The number of hydrogen-bond acceptors (Lipinski definition) is 3. The number of hydrogen-bond donors (Lipinski definition) is 0. The zero-order chi connectivity index (χ0) is 15.7. The molecule has 0 N–H and O–H groups in total. The van der Waals surface area contributed by atoms with E-state index >= 15 is 0 Å². The Bertz CT molecular complexity index is 660. The van der Waals surface area contributed by atoms with E-state index in [1.807, 2.05) is 48.0 Å². The van der Waals surface area contributed by atoms with Crippen molar-refractivity contribution in [3.8, 4) is 0 Å². The van der Waals surface area contributed by atoms with Gasteiger partial charge >= 0.3 is 5.97 Å². The lowest BCUT2D eigenvalue weighted by Gasteiger charge is -2.08. The van der Waals surface area contributed by atoms with E-state index in [1.54, 1.807) is 6.92 Å². The molecule has 0 fully saturated rings. The van der Waals surface area contributed by atoms with Gasteiger partial charge in [-0.15, -0.1) is 0 Å². The molecule has 114 valence electrons. The Morgan fingerprint density at radius 2 is 2.09 bits per heavy atom. The third-order valence-corrected chi connectivity index (χ3v) is 4.39. The van der Waals surface area contributed by atoms with Crippen LogP contribution in [0.5, 0.6) is 0 Å². The van der Waals surface area contributed by atoms with Gasteiger partial charge in [0.05, 0.1) is 12.5 Å². The lowest BCUT2D eigenvalue weighted by atomic mass is 9.97. The molecule has 22 heavy (non-hydrogen) atoms. The first kappa shape index (κ1) is 14.7. The monoisotopic (exact) mass is 298 g/mol. The van der Waals surface area contributed by atoms with E-state index in [9.17, 15) is 9.59 Å². The van der Waals surface area contributed by atoms with Crippen LogP contribution < -0.4 is 0 Å². The van der Waals surface area contributed by atoms with E-state index < -0.39 is 0 Å². The molecule has 0 saturated carbocycles. The maximum absolute atomic E-state index is 12.6. The van der Waals surface area contributed by atoms with Crippen molar-refractivity contribution >= 4 is 23.5 Å². The van der Waals surface area contributed by atoms with Gasteiger partial charge in [-0.2, -0.15) is 0 Å². The number of benzene rings is 1. The molecular weight excluding hydrogens is 278 g/mol. The van der Waals surface area contributed by atoms with Gasteiger partial charge in [0, 0.05) is 12.5 Å². The van der Waals surface area contributed by atoms with Crippen molar-refractivity contribution < 1.29 is 18.9 Å². The van der Waals surface area contributed by atoms with Gasteiger partial charge in [-0.3, -0.25) is 4.79 Å². The normalized spacial score (nSPS) is 24.5. The second-order valence-corrected chi connectivity index (χ2v) is 5.77. The fourth-order valence-electron chi connectivity index (χ4n) is 3.17. The van der Waals surface area contributed by atoms with Gasteiger partial charge in [-0.1, -0.05) is 36.4 Å². The average Bonchev–Trinajstić information content (AvgIpc) is 3.07. The molecule has 1 aliphatic carbocycles. The summed E-state index contributed by atoms with van der Waals surface area (Å²) in [4.78, 5) is 24.4. The van der Waals surface area contributed by atoms with Gasteiger partial charge in [0.2, 0.25) is 6.04 Å². The minimum atomic E-state index is -0.341. The number of carbonyl (C=O) groups is 2. The van der Waals surface area contributed by atoms with Crippen LogP contribution in [0, 0.1) is 11.8 Å². The zero-order valence-corrected chi connectivity index (χ0v) is 12.9. The van der Waals surface area contributed by atoms with Crippen molar-refractivity contribution in [2.75, 3.05) is 13.2 Å². The highest BCUT2D eigenvalue weighted by atomic mass is 16.5. The van der Waals surface area contributed by atoms with E-state index in [0.717, 1.165) is 11.1 Å². The minimum Gasteiger partial charge on any atom is -0.461 e. The second-order valence-electron chi connectivity index (χ2n) is 5.77. The molecule has 0 spiro atoms. The third kappa shape index (κ3) is 2.49. The summed E-state index contributed by atoms with van der Waals surface area (Å²) >= 11 is 0. The van der Waals surface area contributed by atoms with Crippen molar-refractivity contribution in [3.63, 3.8) is 0 Å². The molecule has 0 saturated heterocycles. The Balaban J connectivity index is 1.76. The number of carbonyl (C=O) groups excluding carboxylic acids is 2. The van der Waals surface area contributed by atoms with Crippen LogP contribution in [-0.2, 0) is 14.3 Å². The van der Waals surface area contributed by atoms with Crippen molar-refractivity contribution in [1.29, 1.82) is 0 Å². The van der Waals surface area contributed by atoms with Crippen molar-refractivity contribution in [2.24, 2.45) is 11.8 Å². The van der Waals surface area contributed by atoms with Gasteiger partial charge < -0.3 is 4.74 Å². The van der Waals surface area contributed by atoms with Crippen LogP contribution in [0.3, 0.4) is 0 Å². The fraction of sp³-hybridized carbons (Fsp3) is 0.389. The van der Waals surface area contributed by atoms with Crippen LogP contribution in [0.4, 0.5) is 0 Å². The van der Waals surface area contributed by atoms with Crippen molar-refractivity contribution in [1.82, 2.24) is 0 Å². The number of Topliss-reactive ketones (excluding diaryl/α,β-unsaturated/α-hetero) is 1. The largest absolute Gasteiger partial charge is 0.461 e. The molecule has 4 nitrogen and oxygen atoms in total. The number of ether oxygens (including phenoxy) is 1. The molecule has 1 aromatic rings. The standard InChI is InChI=1S/C18H20NO3/c1-3-22-18(21)12(2)19-10-14-9-15(17(20)16(14)11-19)13-7-5-4-6-8-13/h4-9,11-12,14,16H,3,10H2,1-2H3/q+1/t12-,14-,16+/m1/s1. The molecule has 0 unspecified atom stereocenters. The number of ketones is 1. The summed E-state index contributed by atoms with van der Waals surface area (Å²) in [6.07, 6.45) is 3.96. The summed E-state index contributed by atoms with van der Waals surface area (Å²) < 4.78 is 6.99. The molecular formula is C18H20NO3+. The van der Waals surface area contributed by atoms with E-state index in [-0.39, 0.29) is 29.6 Å². The lowest BCUT2D eigenvalue weighted by molar-refractivity contribution is -0.543. The Hall–Kier alpha value is -2.23. The summed E-state index contributed by atoms with van der Waals surface area (Å²) in [6.45, 7) is 4.68. The summed E-state index contributed by atoms with van der Waals surface area (Å²) in [5, 5.41) is 0. The first-order chi connectivity index (χ1) is 10.6. The minimum absolute atomic E-state index is 0.146. The SMILES string of the molecule is CCOC(=O)[C@@H](C)[N+]1=C[C@@H]2C(=O)C(c3ccccc3)=C[C@@H]2C1. The van der Waals surface area contributed by atoms with Crippen LogP contribution in [0.2, 0.25) is 0 Å². The first-order valence-corrected chi connectivity index (χ1v) is 7.70. The zero-order valence-electron chi connectivity index (χ0n) is 12.9. The van der Waals surface area contributed by atoms with E-state index in [0.29, 0.717) is 13.2 Å². The summed E-state index contributed by atoms with van der Waals surface area (Å²) in [6, 6.07) is 9.41. The molecule has 0 bridgehead atoms. The fourth-order valence-corrected chi connectivity index (χ4v) is 3.17. The van der Waals surface area contributed by atoms with Gasteiger partial charge in [0.1, 0.15) is 5.92 Å². The van der Waals surface area contributed by atoms with Crippen molar-refractivity contribution in [3.05, 3.63) is 42.0 Å². The van der Waals surface area contributed by atoms with Gasteiger partial charge in [0.25, 0.3) is 0 Å². The van der Waals surface area contributed by atoms with Crippen LogP contribution in [0.1, 0.15) is 19.4 Å². The second kappa shape index (κ2) is 5.87. The number of nitrogens with zero attached hydrogens (tertiary/aromatic N) is 1. The van der Waals surface area contributed by atoms with E-state index in [4.69, 9.17) is 4.74 Å². The maximum atomic E-state index is 12.6. The molecule has 1 aliphatic heterocycles. The number of rotatable bonds is 4. The molecule has 1 aromatic carbocycles. The molecule has 3 atom stereocenters. The molecule has 0 aromatic heterocycles. The summed E-state index contributed by atoms with van der Waals surface area (Å²) in [7, 11) is 0.